The van der Waals surface area contributed by atoms with Gasteiger partial charge in [-0.2, -0.15) is 0 Å². The molecule has 0 radical (unpaired) electrons. The Labute approximate surface area is 127 Å². The van der Waals surface area contributed by atoms with Crippen LogP contribution in [-0.2, 0) is 9.59 Å². The van der Waals surface area contributed by atoms with E-state index >= 15 is 0 Å². The molecule has 3 rings (SSSR count). The molecule has 1 saturated heterocycles. The highest BCUT2D eigenvalue weighted by Gasteiger charge is 2.52. The molecule has 21 heavy (non-hydrogen) atoms. The van der Waals surface area contributed by atoms with Crippen LogP contribution in [-0.4, -0.2) is 35.3 Å². The second kappa shape index (κ2) is 5.98. The molecule has 4 heteroatoms. The van der Waals surface area contributed by atoms with Gasteiger partial charge in [0.25, 0.3) is 0 Å². The van der Waals surface area contributed by atoms with E-state index in [4.69, 9.17) is 0 Å². The molecule has 0 bridgehead atoms. The van der Waals surface area contributed by atoms with Crippen molar-refractivity contribution in [3.63, 3.8) is 0 Å². The predicted molar refractivity (Wildman–Crippen MR) is 81.6 cm³/mol. The SMILES string of the molecule is CC(=O)NC[C@H]1[C@@H]2CC(=O)N(C3CCCCC3)[C@@H]2C[C@@H]1C. The molecule has 2 saturated carbocycles. The number of likely N-dealkylation sites (tertiary alicyclic amines) is 1. The van der Waals surface area contributed by atoms with E-state index in [0.717, 1.165) is 13.0 Å². The molecule has 2 amide bonds. The second-order valence-corrected chi connectivity index (χ2v) is 7.34. The fourth-order valence-corrected chi connectivity index (χ4v) is 4.98. The van der Waals surface area contributed by atoms with Crippen LogP contribution in [0.15, 0.2) is 0 Å². The Hall–Kier alpha value is -1.06. The number of rotatable bonds is 3. The van der Waals surface area contributed by atoms with E-state index in [-0.39, 0.29) is 5.91 Å². The van der Waals surface area contributed by atoms with Gasteiger partial charge in [0.15, 0.2) is 0 Å². The van der Waals surface area contributed by atoms with Crippen LogP contribution in [0.5, 0.6) is 0 Å². The minimum Gasteiger partial charge on any atom is -0.356 e. The van der Waals surface area contributed by atoms with Crippen molar-refractivity contribution in [2.75, 3.05) is 6.54 Å². The Morgan fingerprint density at radius 2 is 2.00 bits per heavy atom. The number of carbonyl (C=O) groups excluding carboxylic acids is 2. The molecule has 4 atom stereocenters. The molecule has 118 valence electrons. The lowest BCUT2D eigenvalue weighted by Gasteiger charge is -2.35. The molecule has 0 spiro atoms. The molecular weight excluding hydrogens is 264 g/mol. The molecule has 1 heterocycles. The average Bonchev–Trinajstić information content (AvgIpc) is 2.91. The van der Waals surface area contributed by atoms with Crippen molar-refractivity contribution in [2.24, 2.45) is 17.8 Å². The highest BCUT2D eigenvalue weighted by molar-refractivity contribution is 5.80. The van der Waals surface area contributed by atoms with Crippen molar-refractivity contribution in [3.05, 3.63) is 0 Å². The van der Waals surface area contributed by atoms with Gasteiger partial charge in [0.2, 0.25) is 11.8 Å². The maximum absolute atomic E-state index is 12.5. The summed E-state index contributed by atoms with van der Waals surface area (Å²) in [6.07, 6.45) is 8.09. The molecule has 3 fully saturated rings. The zero-order valence-electron chi connectivity index (χ0n) is 13.3. The van der Waals surface area contributed by atoms with Crippen LogP contribution in [0.25, 0.3) is 0 Å². The quantitative estimate of drug-likeness (QED) is 0.868. The first-order valence-electron chi connectivity index (χ1n) is 8.63. The van der Waals surface area contributed by atoms with Gasteiger partial charge < -0.3 is 10.2 Å². The van der Waals surface area contributed by atoms with Crippen molar-refractivity contribution < 1.29 is 9.59 Å². The zero-order chi connectivity index (χ0) is 15.0. The molecule has 1 aliphatic heterocycles. The van der Waals surface area contributed by atoms with E-state index in [9.17, 15) is 9.59 Å². The summed E-state index contributed by atoms with van der Waals surface area (Å²) < 4.78 is 0. The van der Waals surface area contributed by atoms with Crippen molar-refractivity contribution in [1.29, 1.82) is 0 Å². The van der Waals surface area contributed by atoms with Gasteiger partial charge >= 0.3 is 0 Å². The third kappa shape index (κ3) is 2.82. The van der Waals surface area contributed by atoms with Gasteiger partial charge in [-0.25, -0.2) is 0 Å². The monoisotopic (exact) mass is 292 g/mol. The molecule has 3 aliphatic rings. The summed E-state index contributed by atoms with van der Waals surface area (Å²) in [6, 6.07) is 0.933. The Kier molecular flexibility index (Phi) is 4.23. The van der Waals surface area contributed by atoms with Crippen LogP contribution in [0, 0.1) is 17.8 Å². The highest BCUT2D eigenvalue weighted by atomic mass is 16.2. The fourth-order valence-electron chi connectivity index (χ4n) is 4.98. The van der Waals surface area contributed by atoms with Gasteiger partial charge in [0.05, 0.1) is 0 Å². The lowest BCUT2D eigenvalue weighted by Crippen LogP contribution is -2.43. The fraction of sp³-hybridized carbons (Fsp3) is 0.882. The summed E-state index contributed by atoms with van der Waals surface area (Å²) in [7, 11) is 0. The normalized spacial score (nSPS) is 36.9. The minimum atomic E-state index is 0.0408. The van der Waals surface area contributed by atoms with E-state index in [0.29, 0.717) is 42.2 Å². The Morgan fingerprint density at radius 1 is 1.29 bits per heavy atom. The van der Waals surface area contributed by atoms with Gasteiger partial charge in [-0.3, -0.25) is 9.59 Å². The summed E-state index contributed by atoms with van der Waals surface area (Å²) in [4.78, 5) is 26.0. The van der Waals surface area contributed by atoms with Crippen LogP contribution in [0.2, 0.25) is 0 Å². The maximum Gasteiger partial charge on any atom is 0.223 e. The largest absolute Gasteiger partial charge is 0.356 e. The van der Waals surface area contributed by atoms with Crippen molar-refractivity contribution in [1.82, 2.24) is 10.2 Å². The topological polar surface area (TPSA) is 49.4 Å². The Bertz CT molecular complexity index is 417. The molecular formula is C17H28N2O2. The number of amides is 2. The standard InChI is InChI=1S/C17H28N2O2/c1-11-8-16-14(15(11)10-18-12(2)20)9-17(21)19(16)13-6-4-3-5-7-13/h11,13-16H,3-10H2,1-2H3,(H,18,20)/t11-,14-,15+,16+/m0/s1. The smallest absolute Gasteiger partial charge is 0.223 e. The van der Waals surface area contributed by atoms with E-state index in [1.54, 1.807) is 6.92 Å². The first kappa shape index (κ1) is 14.9. The van der Waals surface area contributed by atoms with Gasteiger partial charge in [-0.15, -0.1) is 0 Å². The number of hydrogen-bond acceptors (Lipinski definition) is 2. The highest BCUT2D eigenvalue weighted by Crippen LogP contribution is 2.47. The number of fused-ring (bicyclic) bond motifs is 1. The van der Waals surface area contributed by atoms with Crippen molar-refractivity contribution >= 4 is 11.8 Å². The lowest BCUT2D eigenvalue weighted by molar-refractivity contribution is -0.132. The summed E-state index contributed by atoms with van der Waals surface area (Å²) in [6.45, 7) is 4.60. The van der Waals surface area contributed by atoms with Gasteiger partial charge in [-0.1, -0.05) is 26.2 Å². The summed E-state index contributed by atoms with van der Waals surface area (Å²) in [5, 5.41) is 2.97. The Morgan fingerprint density at radius 3 is 2.67 bits per heavy atom. The lowest BCUT2D eigenvalue weighted by atomic mass is 9.88. The van der Waals surface area contributed by atoms with E-state index in [2.05, 4.69) is 17.1 Å². The van der Waals surface area contributed by atoms with Gasteiger partial charge in [0.1, 0.15) is 0 Å². The third-order valence-corrected chi connectivity index (χ3v) is 6.00. The first-order valence-corrected chi connectivity index (χ1v) is 8.63. The summed E-state index contributed by atoms with van der Waals surface area (Å²) >= 11 is 0. The third-order valence-electron chi connectivity index (χ3n) is 6.00. The second-order valence-electron chi connectivity index (χ2n) is 7.34. The zero-order valence-corrected chi connectivity index (χ0v) is 13.3. The van der Waals surface area contributed by atoms with Crippen LogP contribution < -0.4 is 5.32 Å². The molecule has 0 aromatic heterocycles. The predicted octanol–water partition coefficient (Wildman–Crippen LogP) is 2.33. The molecule has 0 aromatic carbocycles. The number of hydrogen-bond donors (Lipinski definition) is 1. The van der Waals surface area contributed by atoms with Crippen molar-refractivity contribution in [3.8, 4) is 0 Å². The molecule has 4 nitrogen and oxygen atoms in total. The van der Waals surface area contributed by atoms with Crippen LogP contribution in [0.3, 0.4) is 0 Å². The van der Waals surface area contributed by atoms with E-state index in [1.165, 1.54) is 32.1 Å². The Balaban J connectivity index is 1.70. The summed E-state index contributed by atoms with van der Waals surface area (Å²) in [5.74, 6) is 1.94. The van der Waals surface area contributed by atoms with E-state index < -0.39 is 0 Å². The van der Waals surface area contributed by atoms with E-state index in [1.807, 2.05) is 0 Å². The van der Waals surface area contributed by atoms with Crippen LogP contribution in [0.4, 0.5) is 0 Å². The maximum atomic E-state index is 12.5. The van der Waals surface area contributed by atoms with Crippen LogP contribution in [0.1, 0.15) is 58.8 Å². The molecule has 2 aliphatic carbocycles. The van der Waals surface area contributed by atoms with Gasteiger partial charge in [0, 0.05) is 32.0 Å². The summed E-state index contributed by atoms with van der Waals surface area (Å²) in [5.41, 5.74) is 0. The molecule has 0 unspecified atom stereocenters. The minimum absolute atomic E-state index is 0.0408. The van der Waals surface area contributed by atoms with Gasteiger partial charge in [-0.05, 0) is 37.0 Å². The first-order chi connectivity index (χ1) is 10.1. The van der Waals surface area contributed by atoms with Crippen molar-refractivity contribution in [2.45, 2.75) is 70.9 Å². The molecule has 0 aromatic rings. The number of nitrogens with one attached hydrogen (secondary N) is 1. The molecule has 1 N–H and O–H groups in total. The average molecular weight is 292 g/mol. The van der Waals surface area contributed by atoms with Crippen LogP contribution >= 0.6 is 0 Å². The number of carbonyl (C=O) groups is 2. The number of nitrogens with zero attached hydrogens (tertiary/aromatic N) is 1.